The van der Waals surface area contributed by atoms with E-state index in [0.29, 0.717) is 28.1 Å². The molecule has 0 saturated carbocycles. The lowest BCUT2D eigenvalue weighted by molar-refractivity contribution is -0.136. The average Bonchev–Trinajstić information content (AvgIpc) is 3.25. The molecule has 0 saturated heterocycles. The van der Waals surface area contributed by atoms with Gasteiger partial charge in [-0.15, -0.1) is 0 Å². The number of ketones is 1. The molecule has 0 radical (unpaired) electrons. The number of rotatable bonds is 8. The molecule has 1 N–H and O–H groups in total. The number of ether oxygens (including phenoxy) is 3. The van der Waals surface area contributed by atoms with Gasteiger partial charge < -0.3 is 19.5 Å². The van der Waals surface area contributed by atoms with E-state index in [1.54, 1.807) is 61.7 Å². The largest absolute Gasteiger partial charge is 0.496 e. The SMILES string of the molecule is COc1cc2c(cc1/C=C/C(=O)OCC(=O)c1ccc(NC(=O)c3ccccc3)cc1)OC(C)C2. The van der Waals surface area contributed by atoms with E-state index < -0.39 is 12.6 Å². The third-order valence-corrected chi connectivity index (χ3v) is 5.49. The Bertz CT molecular complexity index is 1260. The van der Waals surface area contributed by atoms with Gasteiger partial charge in [0.25, 0.3) is 5.91 Å². The molecule has 4 rings (SSSR count). The zero-order chi connectivity index (χ0) is 24.8. The molecule has 0 bridgehead atoms. The van der Waals surface area contributed by atoms with E-state index in [1.165, 1.54) is 6.08 Å². The Labute approximate surface area is 203 Å². The molecule has 35 heavy (non-hydrogen) atoms. The highest BCUT2D eigenvalue weighted by Crippen LogP contribution is 2.35. The number of carbonyl (C=O) groups is 3. The van der Waals surface area contributed by atoms with Crippen molar-refractivity contribution in [1.29, 1.82) is 0 Å². The number of Topliss-reactive ketones (excluding diaryl/α,β-unsaturated/α-hetero) is 1. The van der Waals surface area contributed by atoms with Crippen LogP contribution in [0.5, 0.6) is 11.5 Å². The Kier molecular flexibility index (Phi) is 7.26. The Morgan fingerprint density at radius 3 is 2.49 bits per heavy atom. The van der Waals surface area contributed by atoms with Crippen LogP contribution in [0.15, 0.2) is 72.8 Å². The zero-order valence-corrected chi connectivity index (χ0v) is 19.4. The van der Waals surface area contributed by atoms with Crippen LogP contribution in [0.3, 0.4) is 0 Å². The van der Waals surface area contributed by atoms with E-state index in [9.17, 15) is 14.4 Å². The van der Waals surface area contributed by atoms with Gasteiger partial charge in [-0.05, 0) is 61.5 Å². The molecule has 1 atom stereocenters. The van der Waals surface area contributed by atoms with Crippen molar-refractivity contribution in [3.63, 3.8) is 0 Å². The number of esters is 1. The summed E-state index contributed by atoms with van der Waals surface area (Å²) in [6.07, 6.45) is 3.72. The van der Waals surface area contributed by atoms with Crippen LogP contribution in [0.2, 0.25) is 0 Å². The maximum absolute atomic E-state index is 12.4. The molecule has 178 valence electrons. The van der Waals surface area contributed by atoms with Gasteiger partial charge in [0.1, 0.15) is 17.6 Å². The quantitative estimate of drug-likeness (QED) is 0.291. The molecule has 0 spiro atoms. The van der Waals surface area contributed by atoms with E-state index in [2.05, 4.69) is 5.32 Å². The molecule has 7 nitrogen and oxygen atoms in total. The standard InChI is InChI=1S/C28H25NO6/c1-18-14-22-16-25(33-2)21(15-26(22)35-18)10-13-27(31)34-17-24(30)19-8-11-23(12-9-19)29-28(32)20-6-4-3-5-7-20/h3-13,15-16,18H,14,17H2,1-2H3,(H,29,32)/b13-10+. The number of benzene rings is 3. The molecule has 1 heterocycles. The van der Waals surface area contributed by atoms with Crippen LogP contribution in [-0.2, 0) is 16.0 Å². The van der Waals surface area contributed by atoms with Crippen LogP contribution < -0.4 is 14.8 Å². The second-order valence-corrected chi connectivity index (χ2v) is 8.10. The third-order valence-electron chi connectivity index (χ3n) is 5.49. The van der Waals surface area contributed by atoms with E-state index >= 15 is 0 Å². The van der Waals surface area contributed by atoms with Crippen molar-refractivity contribution in [1.82, 2.24) is 0 Å². The lowest BCUT2D eigenvalue weighted by Crippen LogP contribution is -2.13. The van der Waals surface area contributed by atoms with Gasteiger partial charge in [0.2, 0.25) is 0 Å². The summed E-state index contributed by atoms with van der Waals surface area (Å²) in [5, 5.41) is 2.77. The molecule has 0 aromatic heterocycles. The Balaban J connectivity index is 1.31. The minimum Gasteiger partial charge on any atom is -0.496 e. The lowest BCUT2D eigenvalue weighted by Gasteiger charge is -2.08. The zero-order valence-electron chi connectivity index (χ0n) is 19.4. The van der Waals surface area contributed by atoms with Crippen molar-refractivity contribution in [2.45, 2.75) is 19.4 Å². The molecule has 1 aliphatic heterocycles. The predicted molar refractivity (Wildman–Crippen MR) is 132 cm³/mol. The van der Waals surface area contributed by atoms with Gasteiger partial charge in [-0.1, -0.05) is 18.2 Å². The first-order valence-corrected chi connectivity index (χ1v) is 11.1. The highest BCUT2D eigenvalue weighted by Gasteiger charge is 2.21. The van der Waals surface area contributed by atoms with Crippen molar-refractivity contribution in [3.05, 3.63) is 95.1 Å². The Morgan fingerprint density at radius 2 is 1.77 bits per heavy atom. The van der Waals surface area contributed by atoms with Gasteiger partial charge >= 0.3 is 5.97 Å². The van der Waals surface area contributed by atoms with Crippen molar-refractivity contribution < 1.29 is 28.6 Å². The van der Waals surface area contributed by atoms with Crippen molar-refractivity contribution in [3.8, 4) is 11.5 Å². The monoisotopic (exact) mass is 471 g/mol. The number of carbonyl (C=O) groups excluding carboxylic acids is 3. The maximum atomic E-state index is 12.4. The maximum Gasteiger partial charge on any atom is 0.331 e. The molecule has 1 amide bonds. The number of hydrogen-bond donors (Lipinski definition) is 1. The fourth-order valence-corrected chi connectivity index (χ4v) is 3.72. The molecule has 0 aliphatic carbocycles. The first kappa shape index (κ1) is 23.8. The second kappa shape index (κ2) is 10.7. The van der Waals surface area contributed by atoms with Gasteiger partial charge in [-0.2, -0.15) is 0 Å². The third kappa shape index (κ3) is 5.95. The molecule has 7 heteroatoms. The minimum atomic E-state index is -0.651. The molecular formula is C28H25NO6. The van der Waals surface area contributed by atoms with Crippen LogP contribution in [0.1, 0.15) is 38.8 Å². The lowest BCUT2D eigenvalue weighted by atomic mass is 10.1. The normalized spacial score (nSPS) is 14.2. The highest BCUT2D eigenvalue weighted by atomic mass is 16.5. The first-order valence-electron chi connectivity index (χ1n) is 11.1. The van der Waals surface area contributed by atoms with Crippen molar-refractivity contribution in [2.24, 2.45) is 0 Å². The van der Waals surface area contributed by atoms with Gasteiger partial charge in [-0.3, -0.25) is 9.59 Å². The van der Waals surface area contributed by atoms with Crippen molar-refractivity contribution in [2.75, 3.05) is 19.0 Å². The first-order chi connectivity index (χ1) is 16.9. The number of nitrogens with one attached hydrogen (secondary N) is 1. The molecule has 1 unspecified atom stereocenters. The average molecular weight is 472 g/mol. The fourth-order valence-electron chi connectivity index (χ4n) is 3.72. The van der Waals surface area contributed by atoms with Crippen LogP contribution in [0.4, 0.5) is 5.69 Å². The number of methoxy groups -OCH3 is 1. The van der Waals surface area contributed by atoms with Crippen molar-refractivity contribution >= 4 is 29.4 Å². The van der Waals surface area contributed by atoms with Gasteiger partial charge in [0.05, 0.1) is 7.11 Å². The number of hydrogen-bond acceptors (Lipinski definition) is 6. The van der Waals surface area contributed by atoms with Crippen LogP contribution in [-0.4, -0.2) is 37.5 Å². The Hall–Kier alpha value is -4.39. The molecule has 1 aliphatic rings. The minimum absolute atomic E-state index is 0.0964. The number of amides is 1. The van der Waals surface area contributed by atoms with E-state index in [1.807, 2.05) is 25.1 Å². The van der Waals surface area contributed by atoms with Gasteiger partial charge in [-0.25, -0.2) is 4.79 Å². The van der Waals surface area contributed by atoms with E-state index in [-0.39, 0.29) is 17.8 Å². The van der Waals surface area contributed by atoms with Gasteiger partial charge in [0, 0.05) is 40.4 Å². The van der Waals surface area contributed by atoms with Gasteiger partial charge in [0.15, 0.2) is 12.4 Å². The Morgan fingerprint density at radius 1 is 1.03 bits per heavy atom. The smallest absolute Gasteiger partial charge is 0.331 e. The van der Waals surface area contributed by atoms with E-state index in [4.69, 9.17) is 14.2 Å². The highest BCUT2D eigenvalue weighted by molar-refractivity contribution is 6.04. The summed E-state index contributed by atoms with van der Waals surface area (Å²) in [6.45, 7) is 1.59. The summed E-state index contributed by atoms with van der Waals surface area (Å²) in [6, 6.07) is 18.9. The summed E-state index contributed by atoms with van der Waals surface area (Å²) in [5.41, 5.74) is 3.19. The van der Waals surface area contributed by atoms with Crippen LogP contribution in [0, 0.1) is 0 Å². The number of fused-ring (bicyclic) bond motifs is 1. The van der Waals surface area contributed by atoms with Crippen LogP contribution >= 0.6 is 0 Å². The topological polar surface area (TPSA) is 90.9 Å². The molecule has 3 aromatic rings. The van der Waals surface area contributed by atoms with E-state index in [0.717, 1.165) is 17.7 Å². The summed E-state index contributed by atoms with van der Waals surface area (Å²) in [7, 11) is 1.56. The fraction of sp³-hybridized carbons (Fsp3) is 0.179. The summed E-state index contributed by atoms with van der Waals surface area (Å²) in [5.74, 6) is 0.143. The molecular weight excluding hydrogens is 446 g/mol. The summed E-state index contributed by atoms with van der Waals surface area (Å²) in [4.78, 5) is 36.8. The second-order valence-electron chi connectivity index (χ2n) is 8.10. The summed E-state index contributed by atoms with van der Waals surface area (Å²) < 4.78 is 16.3. The number of anilines is 1. The predicted octanol–water partition coefficient (Wildman–Crippen LogP) is 4.71. The summed E-state index contributed by atoms with van der Waals surface area (Å²) >= 11 is 0. The van der Waals surface area contributed by atoms with Crippen LogP contribution in [0.25, 0.3) is 6.08 Å². The molecule has 0 fully saturated rings. The molecule has 3 aromatic carbocycles.